The quantitative estimate of drug-likeness (QED) is 0.737. The van der Waals surface area contributed by atoms with E-state index in [2.05, 4.69) is 26.2 Å². The van der Waals surface area contributed by atoms with Gasteiger partial charge in [0.05, 0.1) is 56.6 Å². The zero-order valence-corrected chi connectivity index (χ0v) is 18.1. The van der Waals surface area contributed by atoms with E-state index in [0.717, 1.165) is 32.6 Å². The van der Waals surface area contributed by atoms with Crippen molar-refractivity contribution in [2.45, 2.75) is 20.3 Å². The van der Waals surface area contributed by atoms with Crippen molar-refractivity contribution in [3.05, 3.63) is 59.7 Å². The molecule has 0 atom stereocenters. The van der Waals surface area contributed by atoms with E-state index in [1.807, 2.05) is 29.2 Å². The van der Waals surface area contributed by atoms with Crippen molar-refractivity contribution in [3.63, 3.8) is 0 Å². The van der Waals surface area contributed by atoms with Crippen LogP contribution in [0.5, 0.6) is 5.75 Å². The smallest absolute Gasteiger partial charge is 0.259 e. The number of likely N-dealkylation sites (N-methyl/N-ethyl adjacent to an activating group) is 1. The predicted octanol–water partition coefficient (Wildman–Crippen LogP) is 2.33. The molecular formula is C24H32N3O3+. The number of quaternary nitrogens is 1. The maximum Gasteiger partial charge on any atom is 0.259 e. The Morgan fingerprint density at radius 2 is 1.67 bits per heavy atom. The van der Waals surface area contributed by atoms with E-state index in [1.54, 1.807) is 24.3 Å². The highest BCUT2D eigenvalue weighted by Crippen LogP contribution is 2.23. The van der Waals surface area contributed by atoms with Crippen LogP contribution in [0.2, 0.25) is 0 Å². The molecule has 0 unspecified atom stereocenters. The molecule has 160 valence electrons. The van der Waals surface area contributed by atoms with E-state index in [4.69, 9.17) is 4.74 Å². The van der Waals surface area contributed by atoms with Gasteiger partial charge in [0.15, 0.2) is 0 Å². The van der Waals surface area contributed by atoms with Crippen molar-refractivity contribution in [2.75, 3.05) is 45.2 Å². The summed E-state index contributed by atoms with van der Waals surface area (Å²) in [6.45, 7) is 8.14. The number of benzene rings is 2. The van der Waals surface area contributed by atoms with Gasteiger partial charge in [0.1, 0.15) is 5.75 Å². The lowest BCUT2D eigenvalue weighted by Crippen LogP contribution is -3.12. The monoisotopic (exact) mass is 410 g/mol. The minimum atomic E-state index is -0.279. The van der Waals surface area contributed by atoms with E-state index < -0.39 is 0 Å². The Morgan fingerprint density at radius 3 is 2.37 bits per heavy atom. The first-order chi connectivity index (χ1) is 14.5. The number of para-hydroxylation sites is 2. The summed E-state index contributed by atoms with van der Waals surface area (Å²) in [5.41, 5.74) is 1.51. The van der Waals surface area contributed by atoms with E-state index >= 15 is 0 Å². The van der Waals surface area contributed by atoms with Crippen LogP contribution < -0.4 is 15.0 Å². The average molecular weight is 411 g/mol. The summed E-state index contributed by atoms with van der Waals surface area (Å²) in [6.07, 6.45) is 0.917. The maximum atomic E-state index is 13.1. The number of hydrogen-bond donors (Lipinski definition) is 2. The fourth-order valence-corrected chi connectivity index (χ4v) is 3.41. The summed E-state index contributed by atoms with van der Waals surface area (Å²) in [5.74, 6) is 0.764. The fraction of sp³-hybridized carbons (Fsp3) is 0.417. The summed E-state index contributed by atoms with van der Waals surface area (Å²) in [6, 6.07) is 14.4. The third kappa shape index (κ3) is 5.60. The number of piperazine rings is 1. The van der Waals surface area contributed by atoms with Gasteiger partial charge >= 0.3 is 0 Å². The number of rotatable bonds is 7. The van der Waals surface area contributed by atoms with Gasteiger partial charge in [0.25, 0.3) is 11.8 Å². The summed E-state index contributed by atoms with van der Waals surface area (Å²) in [7, 11) is 2.14. The number of hydrogen-bond acceptors (Lipinski definition) is 3. The topological polar surface area (TPSA) is 63.1 Å². The molecule has 0 saturated carbocycles. The molecule has 0 bridgehead atoms. The van der Waals surface area contributed by atoms with Gasteiger partial charge in [-0.2, -0.15) is 0 Å². The molecule has 0 aromatic heterocycles. The van der Waals surface area contributed by atoms with Crippen LogP contribution in [0.15, 0.2) is 48.5 Å². The van der Waals surface area contributed by atoms with Gasteiger partial charge in [-0.05, 0) is 36.6 Å². The SMILES string of the molecule is CC(C)CCOc1ccccc1C(=O)Nc1ccccc1C(=O)N1CC[NH+](C)CC1. The van der Waals surface area contributed by atoms with Crippen molar-refractivity contribution < 1.29 is 19.2 Å². The number of nitrogens with one attached hydrogen (secondary N) is 2. The van der Waals surface area contributed by atoms with Gasteiger partial charge < -0.3 is 19.9 Å². The van der Waals surface area contributed by atoms with Crippen LogP contribution in [-0.4, -0.2) is 56.5 Å². The summed E-state index contributed by atoms with van der Waals surface area (Å²) in [5, 5.41) is 2.92. The number of nitrogens with zero attached hydrogens (tertiary/aromatic N) is 1. The predicted molar refractivity (Wildman–Crippen MR) is 118 cm³/mol. The molecule has 3 rings (SSSR count). The first-order valence-electron chi connectivity index (χ1n) is 10.7. The molecule has 1 saturated heterocycles. The summed E-state index contributed by atoms with van der Waals surface area (Å²) in [4.78, 5) is 29.4. The maximum absolute atomic E-state index is 13.1. The molecular weight excluding hydrogens is 378 g/mol. The van der Waals surface area contributed by atoms with Crippen molar-refractivity contribution in [1.82, 2.24) is 4.90 Å². The van der Waals surface area contributed by atoms with Gasteiger partial charge in [-0.3, -0.25) is 9.59 Å². The largest absolute Gasteiger partial charge is 0.493 e. The highest BCUT2D eigenvalue weighted by atomic mass is 16.5. The number of ether oxygens (including phenoxy) is 1. The number of carbonyl (C=O) groups excluding carboxylic acids is 2. The van der Waals surface area contributed by atoms with Gasteiger partial charge in [-0.15, -0.1) is 0 Å². The minimum Gasteiger partial charge on any atom is -0.493 e. The molecule has 0 radical (unpaired) electrons. The Kier molecular flexibility index (Phi) is 7.46. The van der Waals surface area contributed by atoms with E-state index in [1.165, 1.54) is 4.90 Å². The van der Waals surface area contributed by atoms with Crippen molar-refractivity contribution >= 4 is 17.5 Å². The second kappa shape index (κ2) is 10.3. The number of amides is 2. The lowest BCUT2D eigenvalue weighted by atomic mass is 10.1. The molecule has 0 aliphatic carbocycles. The van der Waals surface area contributed by atoms with Crippen LogP contribution in [0.4, 0.5) is 5.69 Å². The summed E-state index contributed by atoms with van der Waals surface area (Å²) < 4.78 is 5.85. The third-order valence-corrected chi connectivity index (χ3v) is 5.39. The normalized spacial score (nSPS) is 14.6. The van der Waals surface area contributed by atoms with E-state index in [-0.39, 0.29) is 11.8 Å². The molecule has 2 amide bonds. The van der Waals surface area contributed by atoms with Crippen LogP contribution in [0.3, 0.4) is 0 Å². The number of anilines is 1. The Bertz CT molecular complexity index is 874. The lowest BCUT2D eigenvalue weighted by Gasteiger charge is -2.30. The van der Waals surface area contributed by atoms with Crippen molar-refractivity contribution in [2.24, 2.45) is 5.92 Å². The highest BCUT2D eigenvalue weighted by Gasteiger charge is 2.25. The molecule has 2 aromatic carbocycles. The second-order valence-corrected chi connectivity index (χ2v) is 8.28. The lowest BCUT2D eigenvalue weighted by molar-refractivity contribution is -0.883. The Morgan fingerprint density at radius 1 is 1.03 bits per heavy atom. The second-order valence-electron chi connectivity index (χ2n) is 8.28. The van der Waals surface area contributed by atoms with Gasteiger partial charge in [-0.25, -0.2) is 0 Å². The Labute approximate surface area is 178 Å². The van der Waals surface area contributed by atoms with E-state index in [9.17, 15) is 9.59 Å². The standard InChI is InChI=1S/C24H31N3O3/c1-18(2)12-17-30-22-11-7-5-9-20(22)23(28)25-21-10-6-4-8-19(21)24(29)27-15-13-26(3)14-16-27/h4-11,18H,12-17H2,1-3H3,(H,25,28)/p+1. The molecule has 1 heterocycles. The van der Waals surface area contributed by atoms with Gasteiger partial charge in [0, 0.05) is 0 Å². The molecule has 1 aliphatic rings. The first kappa shape index (κ1) is 21.8. The molecule has 2 N–H and O–H groups in total. The van der Waals surface area contributed by atoms with E-state index in [0.29, 0.717) is 35.1 Å². The summed E-state index contributed by atoms with van der Waals surface area (Å²) >= 11 is 0. The zero-order valence-electron chi connectivity index (χ0n) is 18.1. The molecule has 30 heavy (non-hydrogen) atoms. The fourth-order valence-electron chi connectivity index (χ4n) is 3.41. The third-order valence-electron chi connectivity index (χ3n) is 5.39. The highest BCUT2D eigenvalue weighted by molar-refractivity contribution is 6.10. The van der Waals surface area contributed by atoms with Gasteiger partial charge in [-0.1, -0.05) is 38.1 Å². The van der Waals surface area contributed by atoms with Crippen molar-refractivity contribution in [1.29, 1.82) is 0 Å². The van der Waals surface area contributed by atoms with Crippen LogP contribution in [0.1, 0.15) is 41.0 Å². The molecule has 6 nitrogen and oxygen atoms in total. The zero-order chi connectivity index (χ0) is 21.5. The molecule has 2 aromatic rings. The minimum absolute atomic E-state index is 0.0418. The van der Waals surface area contributed by atoms with Crippen LogP contribution in [-0.2, 0) is 0 Å². The molecule has 1 aliphatic heterocycles. The van der Waals surface area contributed by atoms with Crippen LogP contribution in [0.25, 0.3) is 0 Å². The number of carbonyl (C=O) groups is 2. The van der Waals surface area contributed by atoms with Gasteiger partial charge in [0.2, 0.25) is 0 Å². The average Bonchev–Trinajstić information content (AvgIpc) is 2.74. The Balaban J connectivity index is 1.74. The first-order valence-corrected chi connectivity index (χ1v) is 10.7. The molecule has 1 fully saturated rings. The van der Waals surface area contributed by atoms with Crippen molar-refractivity contribution in [3.8, 4) is 5.75 Å². The van der Waals surface area contributed by atoms with Crippen LogP contribution in [0, 0.1) is 5.92 Å². The molecule has 0 spiro atoms. The Hall–Kier alpha value is -2.86. The van der Waals surface area contributed by atoms with Crippen LogP contribution >= 0.6 is 0 Å². The molecule has 6 heteroatoms.